The van der Waals surface area contributed by atoms with Crippen molar-refractivity contribution in [3.8, 4) is 5.75 Å². The molecule has 2 rings (SSSR count). The maximum atomic E-state index is 12.2. The third-order valence-corrected chi connectivity index (χ3v) is 4.02. The highest BCUT2D eigenvalue weighted by Crippen LogP contribution is 2.32. The van der Waals surface area contributed by atoms with E-state index in [1.165, 1.54) is 4.57 Å². The minimum atomic E-state index is -5.85. The van der Waals surface area contributed by atoms with E-state index in [9.17, 15) is 26.4 Å². The zero-order valence-corrected chi connectivity index (χ0v) is 11.4. The summed E-state index contributed by atoms with van der Waals surface area (Å²) >= 11 is 5.57. The molecule has 1 saturated carbocycles. The van der Waals surface area contributed by atoms with Crippen LogP contribution in [0.25, 0.3) is 0 Å². The maximum Gasteiger partial charge on any atom is 0.534 e. The monoisotopic (exact) mass is 331 g/mol. The highest BCUT2D eigenvalue weighted by atomic mass is 35.5. The van der Waals surface area contributed by atoms with Crippen LogP contribution >= 0.6 is 11.6 Å². The Morgan fingerprint density at radius 1 is 1.40 bits per heavy atom. The second-order valence-corrected chi connectivity index (χ2v) is 6.29. The number of aromatic nitrogens is 1. The summed E-state index contributed by atoms with van der Waals surface area (Å²) in [5, 5.41) is -0.694. The smallest absolute Gasteiger partial charge is 0.374 e. The van der Waals surface area contributed by atoms with Crippen LogP contribution < -0.4 is 9.74 Å². The van der Waals surface area contributed by atoms with Gasteiger partial charge < -0.3 is 8.75 Å². The Kier molecular flexibility index (Phi) is 3.76. The van der Waals surface area contributed by atoms with Crippen LogP contribution in [0.1, 0.15) is 12.8 Å². The number of alkyl halides is 3. The summed E-state index contributed by atoms with van der Waals surface area (Å²) < 4.78 is 63.3. The predicted octanol–water partition coefficient (Wildman–Crippen LogP) is 2.14. The van der Waals surface area contributed by atoms with E-state index in [2.05, 4.69) is 4.18 Å². The van der Waals surface area contributed by atoms with Gasteiger partial charge in [-0.2, -0.15) is 21.6 Å². The summed E-state index contributed by atoms with van der Waals surface area (Å²) in [6, 6.07) is 0.926. The average Bonchev–Trinajstić information content (AvgIpc) is 3.11. The molecule has 0 radical (unpaired) electrons. The lowest BCUT2D eigenvalue weighted by Gasteiger charge is -2.11. The van der Waals surface area contributed by atoms with Crippen LogP contribution in [0.15, 0.2) is 17.1 Å². The molecule has 0 spiro atoms. The van der Waals surface area contributed by atoms with Crippen molar-refractivity contribution < 1.29 is 25.8 Å². The summed E-state index contributed by atoms with van der Waals surface area (Å²) in [6.45, 7) is 0.394. The van der Waals surface area contributed by atoms with E-state index < -0.39 is 32.0 Å². The standard InChI is InChI=1S/C10H9ClF3NO4S/c11-8-7(19-20(17,18)10(12,13)14)3-4-15(9(8)16)5-6-1-2-6/h3-4,6H,1-2,5H2. The van der Waals surface area contributed by atoms with Crippen molar-refractivity contribution in [1.29, 1.82) is 0 Å². The first-order valence-electron chi connectivity index (χ1n) is 5.51. The van der Waals surface area contributed by atoms with Crippen molar-refractivity contribution in [2.45, 2.75) is 24.9 Å². The van der Waals surface area contributed by atoms with E-state index in [1.54, 1.807) is 0 Å². The topological polar surface area (TPSA) is 65.4 Å². The fourth-order valence-corrected chi connectivity index (χ4v) is 2.21. The maximum absolute atomic E-state index is 12.2. The first-order valence-corrected chi connectivity index (χ1v) is 7.30. The van der Waals surface area contributed by atoms with E-state index in [0.717, 1.165) is 25.1 Å². The molecule has 0 aromatic carbocycles. The van der Waals surface area contributed by atoms with Crippen LogP contribution in [0.2, 0.25) is 5.02 Å². The lowest BCUT2D eigenvalue weighted by Crippen LogP contribution is -2.29. The Hall–Kier alpha value is -1.22. The van der Waals surface area contributed by atoms with Crippen LogP contribution in [0.3, 0.4) is 0 Å². The molecule has 1 aromatic rings. The molecule has 10 heteroatoms. The largest absolute Gasteiger partial charge is 0.534 e. The number of hydrogen-bond donors (Lipinski definition) is 0. The summed E-state index contributed by atoms with van der Waals surface area (Å²) in [6.07, 6.45) is 3.09. The zero-order chi connectivity index (χ0) is 15.1. The normalized spacial score (nSPS) is 16.2. The van der Waals surface area contributed by atoms with Crippen LogP contribution in [0.5, 0.6) is 5.75 Å². The molecular weight excluding hydrogens is 323 g/mol. The Morgan fingerprint density at radius 3 is 2.50 bits per heavy atom. The van der Waals surface area contributed by atoms with E-state index in [0.29, 0.717) is 12.5 Å². The van der Waals surface area contributed by atoms with Gasteiger partial charge in [0.05, 0.1) is 0 Å². The van der Waals surface area contributed by atoms with Gasteiger partial charge in [-0.05, 0) is 18.8 Å². The summed E-state index contributed by atoms with van der Waals surface area (Å²) in [5.41, 5.74) is -6.37. The molecule has 1 fully saturated rings. The molecule has 112 valence electrons. The highest BCUT2D eigenvalue weighted by molar-refractivity contribution is 7.88. The lowest BCUT2D eigenvalue weighted by molar-refractivity contribution is -0.0500. The van der Waals surface area contributed by atoms with E-state index in [-0.39, 0.29) is 0 Å². The van der Waals surface area contributed by atoms with Gasteiger partial charge in [-0.3, -0.25) is 4.79 Å². The van der Waals surface area contributed by atoms with Gasteiger partial charge in [-0.1, -0.05) is 11.6 Å². The SMILES string of the molecule is O=c1c(Cl)c(OS(=O)(=O)C(F)(F)F)ccn1CC1CC1. The van der Waals surface area contributed by atoms with Crippen LogP contribution in [-0.4, -0.2) is 18.5 Å². The fourth-order valence-electron chi connectivity index (χ4n) is 1.48. The summed E-state index contributed by atoms with van der Waals surface area (Å²) in [4.78, 5) is 11.8. The molecule has 0 saturated heterocycles. The second-order valence-electron chi connectivity index (χ2n) is 4.38. The summed E-state index contributed by atoms with van der Waals surface area (Å²) in [7, 11) is -5.85. The Balaban J connectivity index is 2.30. The first kappa shape index (κ1) is 15.2. The van der Waals surface area contributed by atoms with Crippen LogP contribution in [-0.2, 0) is 16.7 Å². The third-order valence-electron chi connectivity index (χ3n) is 2.71. The minimum absolute atomic E-state index is 0.342. The Bertz CT molecular complexity index is 679. The number of rotatable bonds is 4. The van der Waals surface area contributed by atoms with Gasteiger partial charge in [0.25, 0.3) is 5.56 Å². The molecule has 0 unspecified atom stereocenters. The summed E-state index contributed by atoms with van der Waals surface area (Å²) in [5.74, 6) is -0.490. The van der Waals surface area contributed by atoms with Crippen molar-refractivity contribution in [3.05, 3.63) is 27.6 Å². The van der Waals surface area contributed by atoms with Gasteiger partial charge in [0.2, 0.25) is 0 Å². The van der Waals surface area contributed by atoms with Gasteiger partial charge in [-0.15, -0.1) is 0 Å². The molecule has 0 bridgehead atoms. The first-order chi connectivity index (χ1) is 9.12. The molecule has 0 aliphatic heterocycles. The minimum Gasteiger partial charge on any atom is -0.374 e. The number of halogens is 4. The molecule has 0 N–H and O–H groups in total. The number of hydrogen-bond acceptors (Lipinski definition) is 4. The van der Waals surface area contributed by atoms with Gasteiger partial charge in [0, 0.05) is 18.8 Å². The van der Waals surface area contributed by atoms with E-state index >= 15 is 0 Å². The van der Waals surface area contributed by atoms with Crippen LogP contribution in [0.4, 0.5) is 13.2 Å². The van der Waals surface area contributed by atoms with Crippen molar-refractivity contribution in [2.24, 2.45) is 5.92 Å². The highest BCUT2D eigenvalue weighted by Gasteiger charge is 2.49. The Morgan fingerprint density at radius 2 is 2.00 bits per heavy atom. The van der Waals surface area contributed by atoms with Gasteiger partial charge in [0.1, 0.15) is 5.02 Å². The van der Waals surface area contributed by atoms with Crippen molar-refractivity contribution >= 4 is 21.7 Å². The van der Waals surface area contributed by atoms with Crippen molar-refractivity contribution in [1.82, 2.24) is 4.57 Å². The van der Waals surface area contributed by atoms with E-state index in [4.69, 9.17) is 11.6 Å². The molecule has 5 nitrogen and oxygen atoms in total. The number of pyridine rings is 1. The molecule has 1 aromatic heterocycles. The quantitative estimate of drug-likeness (QED) is 0.626. The molecule has 0 amide bonds. The third kappa shape index (κ3) is 3.09. The molecule has 1 aliphatic carbocycles. The molecular formula is C10H9ClF3NO4S. The molecule has 1 aliphatic rings. The van der Waals surface area contributed by atoms with Gasteiger partial charge in [0.15, 0.2) is 5.75 Å². The Labute approximate surface area is 117 Å². The molecule has 1 heterocycles. The lowest BCUT2D eigenvalue weighted by atomic mass is 10.4. The zero-order valence-electron chi connectivity index (χ0n) is 9.85. The van der Waals surface area contributed by atoms with Gasteiger partial charge >= 0.3 is 15.6 Å². The van der Waals surface area contributed by atoms with Crippen molar-refractivity contribution in [2.75, 3.05) is 0 Å². The average molecular weight is 332 g/mol. The van der Waals surface area contributed by atoms with Gasteiger partial charge in [-0.25, -0.2) is 0 Å². The van der Waals surface area contributed by atoms with Crippen molar-refractivity contribution in [3.63, 3.8) is 0 Å². The molecule has 20 heavy (non-hydrogen) atoms. The van der Waals surface area contributed by atoms with E-state index in [1.807, 2.05) is 0 Å². The second kappa shape index (κ2) is 4.96. The predicted molar refractivity (Wildman–Crippen MR) is 64.0 cm³/mol. The van der Waals surface area contributed by atoms with Crippen LogP contribution in [0, 0.1) is 5.92 Å². The molecule has 0 atom stereocenters. The number of nitrogens with zero attached hydrogens (tertiary/aromatic N) is 1. The fraction of sp³-hybridized carbons (Fsp3) is 0.500.